The molecule has 2 fully saturated rings. The predicted molar refractivity (Wildman–Crippen MR) is 74.8 cm³/mol. The number of hydrogen-bond acceptors (Lipinski definition) is 5. The van der Waals surface area contributed by atoms with Gasteiger partial charge in [0.1, 0.15) is 12.4 Å². The molecule has 6 heteroatoms. The molecule has 1 aromatic heterocycles. The first-order valence-corrected chi connectivity index (χ1v) is 7.45. The molecule has 1 aromatic rings. The fourth-order valence-electron chi connectivity index (χ4n) is 2.92. The Balaban J connectivity index is 1.52. The molecule has 3 rings (SSSR count). The average Bonchev–Trinajstić information content (AvgIpc) is 3.08. The van der Waals surface area contributed by atoms with Gasteiger partial charge in [-0.1, -0.05) is 0 Å². The number of carbonyl (C=O) groups excluding carboxylic acids is 2. The molecule has 0 aliphatic carbocycles. The van der Waals surface area contributed by atoms with Crippen molar-refractivity contribution in [3.63, 3.8) is 0 Å². The van der Waals surface area contributed by atoms with Crippen LogP contribution in [0, 0.1) is 0 Å². The number of nitrogens with zero attached hydrogens (tertiary/aromatic N) is 2. The second-order valence-electron chi connectivity index (χ2n) is 5.61. The van der Waals surface area contributed by atoms with Gasteiger partial charge < -0.3 is 14.1 Å². The van der Waals surface area contributed by atoms with E-state index in [-0.39, 0.29) is 18.0 Å². The Morgan fingerprint density at radius 1 is 1.29 bits per heavy atom. The molecule has 21 heavy (non-hydrogen) atoms. The zero-order chi connectivity index (χ0) is 14.7. The second kappa shape index (κ2) is 6.30. The number of cyclic esters (lactones) is 1. The molecule has 0 N–H and O–H groups in total. The van der Waals surface area contributed by atoms with E-state index in [2.05, 4.69) is 4.90 Å². The maximum absolute atomic E-state index is 12.3. The van der Waals surface area contributed by atoms with Gasteiger partial charge in [0.05, 0.1) is 11.8 Å². The van der Waals surface area contributed by atoms with Crippen molar-refractivity contribution >= 4 is 11.9 Å². The quantitative estimate of drug-likeness (QED) is 0.782. The summed E-state index contributed by atoms with van der Waals surface area (Å²) in [7, 11) is 0. The first-order valence-electron chi connectivity index (χ1n) is 7.45. The van der Waals surface area contributed by atoms with Gasteiger partial charge in [-0.05, 0) is 18.9 Å². The predicted octanol–water partition coefficient (Wildman–Crippen LogP) is 1.13. The molecule has 114 valence electrons. The maximum Gasteiger partial charge on any atom is 0.306 e. The van der Waals surface area contributed by atoms with Gasteiger partial charge in [0.25, 0.3) is 5.91 Å². The molecule has 3 heterocycles. The Labute approximate surface area is 123 Å². The smallest absolute Gasteiger partial charge is 0.306 e. The number of esters is 1. The number of amides is 1. The number of ether oxygens (including phenoxy) is 1. The third-order valence-corrected chi connectivity index (χ3v) is 4.07. The van der Waals surface area contributed by atoms with E-state index < -0.39 is 0 Å². The Bertz CT molecular complexity index is 500. The van der Waals surface area contributed by atoms with Crippen LogP contribution < -0.4 is 0 Å². The molecule has 0 spiro atoms. The molecule has 6 nitrogen and oxygen atoms in total. The molecular weight excluding hydrogens is 272 g/mol. The van der Waals surface area contributed by atoms with Crippen LogP contribution in [0.4, 0.5) is 0 Å². The maximum atomic E-state index is 12.3. The lowest BCUT2D eigenvalue weighted by atomic mass is 10.2. The van der Waals surface area contributed by atoms with Crippen molar-refractivity contribution in [2.24, 2.45) is 0 Å². The Morgan fingerprint density at radius 2 is 2.19 bits per heavy atom. The molecule has 2 aliphatic heterocycles. The highest BCUT2D eigenvalue weighted by Crippen LogP contribution is 2.16. The fraction of sp³-hybridized carbons (Fsp3) is 0.600. The van der Waals surface area contributed by atoms with Crippen LogP contribution in [-0.2, 0) is 9.53 Å². The molecular formula is C15H20N2O4. The van der Waals surface area contributed by atoms with Crippen molar-refractivity contribution in [3.05, 3.63) is 24.2 Å². The summed E-state index contributed by atoms with van der Waals surface area (Å²) < 4.78 is 10.2. The standard InChI is InChI=1S/C15H20N2O4/c18-14-3-2-13(21-14)10-16-5-1-6-17(8-7-16)15(19)12-4-9-20-11-12/h4,9,11,13H,1-3,5-8,10H2. The van der Waals surface area contributed by atoms with Crippen LogP contribution in [0.15, 0.2) is 23.0 Å². The molecule has 2 aliphatic rings. The van der Waals surface area contributed by atoms with Gasteiger partial charge in [-0.3, -0.25) is 14.5 Å². The fourth-order valence-corrected chi connectivity index (χ4v) is 2.92. The summed E-state index contributed by atoms with van der Waals surface area (Å²) in [6.45, 7) is 3.98. The lowest BCUT2D eigenvalue weighted by Gasteiger charge is -2.23. The van der Waals surface area contributed by atoms with E-state index >= 15 is 0 Å². The second-order valence-corrected chi connectivity index (χ2v) is 5.61. The van der Waals surface area contributed by atoms with Crippen LogP contribution in [0.5, 0.6) is 0 Å². The van der Waals surface area contributed by atoms with Gasteiger partial charge in [0.15, 0.2) is 0 Å². The zero-order valence-corrected chi connectivity index (χ0v) is 12.0. The highest BCUT2D eigenvalue weighted by Gasteiger charge is 2.27. The Morgan fingerprint density at radius 3 is 2.90 bits per heavy atom. The average molecular weight is 292 g/mol. The molecule has 1 amide bonds. The summed E-state index contributed by atoms with van der Waals surface area (Å²) in [6.07, 6.45) is 5.31. The van der Waals surface area contributed by atoms with Crippen molar-refractivity contribution in [1.29, 1.82) is 0 Å². The monoisotopic (exact) mass is 292 g/mol. The lowest BCUT2D eigenvalue weighted by Crippen LogP contribution is -2.37. The Kier molecular flexibility index (Phi) is 4.24. The van der Waals surface area contributed by atoms with Crippen LogP contribution in [0.1, 0.15) is 29.6 Å². The van der Waals surface area contributed by atoms with Gasteiger partial charge in [-0.2, -0.15) is 0 Å². The van der Waals surface area contributed by atoms with E-state index in [1.165, 1.54) is 12.5 Å². The number of hydrogen-bond donors (Lipinski definition) is 0. The largest absolute Gasteiger partial charge is 0.472 e. The Hall–Kier alpha value is -1.82. The van der Waals surface area contributed by atoms with Crippen LogP contribution in [0.3, 0.4) is 0 Å². The summed E-state index contributed by atoms with van der Waals surface area (Å²) in [5.41, 5.74) is 0.605. The number of carbonyl (C=O) groups is 2. The van der Waals surface area contributed by atoms with Gasteiger partial charge in [-0.15, -0.1) is 0 Å². The first kappa shape index (κ1) is 14.1. The van der Waals surface area contributed by atoms with Gasteiger partial charge >= 0.3 is 5.97 Å². The first-order chi connectivity index (χ1) is 10.2. The molecule has 2 saturated heterocycles. The van der Waals surface area contributed by atoms with E-state index in [1.54, 1.807) is 6.07 Å². The van der Waals surface area contributed by atoms with Crippen molar-refractivity contribution in [1.82, 2.24) is 9.80 Å². The van der Waals surface area contributed by atoms with Gasteiger partial charge in [-0.25, -0.2) is 0 Å². The minimum atomic E-state index is -0.0911. The zero-order valence-electron chi connectivity index (χ0n) is 12.0. The summed E-state index contributed by atoms with van der Waals surface area (Å²) >= 11 is 0. The van der Waals surface area contributed by atoms with E-state index in [4.69, 9.17) is 9.15 Å². The molecule has 0 saturated carbocycles. The van der Waals surface area contributed by atoms with Gasteiger partial charge in [0, 0.05) is 39.1 Å². The van der Waals surface area contributed by atoms with E-state index in [1.807, 2.05) is 4.90 Å². The van der Waals surface area contributed by atoms with Crippen LogP contribution in [-0.4, -0.2) is 60.5 Å². The van der Waals surface area contributed by atoms with Crippen molar-refractivity contribution < 1.29 is 18.7 Å². The third kappa shape index (κ3) is 3.44. The minimum absolute atomic E-state index is 0.0219. The number of furan rings is 1. The van der Waals surface area contributed by atoms with Crippen molar-refractivity contribution in [2.45, 2.75) is 25.4 Å². The molecule has 1 atom stereocenters. The van der Waals surface area contributed by atoms with Crippen LogP contribution in [0.2, 0.25) is 0 Å². The van der Waals surface area contributed by atoms with Crippen LogP contribution in [0.25, 0.3) is 0 Å². The molecule has 0 radical (unpaired) electrons. The normalized spacial score (nSPS) is 23.9. The minimum Gasteiger partial charge on any atom is -0.472 e. The topological polar surface area (TPSA) is 63.0 Å². The number of rotatable bonds is 3. The van der Waals surface area contributed by atoms with Crippen molar-refractivity contribution in [2.75, 3.05) is 32.7 Å². The van der Waals surface area contributed by atoms with Gasteiger partial charge in [0.2, 0.25) is 0 Å². The molecule has 0 bridgehead atoms. The SMILES string of the molecule is O=C1CCC(CN2CCCN(C(=O)c3ccoc3)CC2)O1. The highest BCUT2D eigenvalue weighted by atomic mass is 16.5. The van der Waals surface area contributed by atoms with E-state index in [0.29, 0.717) is 18.5 Å². The summed E-state index contributed by atoms with van der Waals surface area (Å²) in [6, 6.07) is 1.70. The van der Waals surface area contributed by atoms with E-state index in [9.17, 15) is 9.59 Å². The molecule has 0 aromatic carbocycles. The highest BCUT2D eigenvalue weighted by molar-refractivity contribution is 5.93. The summed E-state index contributed by atoms with van der Waals surface area (Å²) in [5, 5.41) is 0. The van der Waals surface area contributed by atoms with Crippen molar-refractivity contribution in [3.8, 4) is 0 Å². The van der Waals surface area contributed by atoms with Crippen LogP contribution >= 0.6 is 0 Å². The third-order valence-electron chi connectivity index (χ3n) is 4.07. The van der Waals surface area contributed by atoms with E-state index in [0.717, 1.165) is 39.0 Å². The molecule has 1 unspecified atom stereocenters. The summed E-state index contributed by atoms with van der Waals surface area (Å²) in [4.78, 5) is 27.6. The summed E-state index contributed by atoms with van der Waals surface area (Å²) in [5.74, 6) is -0.0653. The lowest BCUT2D eigenvalue weighted by molar-refractivity contribution is -0.141.